The highest BCUT2D eigenvalue weighted by molar-refractivity contribution is 6.07. The van der Waals surface area contributed by atoms with E-state index >= 15 is 0 Å². The van der Waals surface area contributed by atoms with Gasteiger partial charge in [-0.25, -0.2) is 9.67 Å². The van der Waals surface area contributed by atoms with Crippen LogP contribution in [0.4, 0.5) is 0 Å². The molecule has 1 amide bonds. The Morgan fingerprint density at radius 2 is 1.77 bits per heavy atom. The molecule has 2 aromatic heterocycles. The summed E-state index contributed by atoms with van der Waals surface area (Å²) in [5, 5.41) is 8.53. The monoisotopic (exact) mass is 400 g/mol. The maximum absolute atomic E-state index is 13.2. The largest absolute Gasteiger partial charge is 0.497 e. The molecule has 0 aliphatic rings. The SMILES string of the molecule is COc1ccc([C@H](C)NC(=O)c2cc(C)nc3c2c(C)nn3-c2ccccc2)cc1. The summed E-state index contributed by atoms with van der Waals surface area (Å²) >= 11 is 0. The van der Waals surface area contributed by atoms with Crippen LogP contribution in [0.5, 0.6) is 5.75 Å². The Kier molecular flexibility index (Phi) is 5.23. The number of methoxy groups -OCH3 is 1. The summed E-state index contributed by atoms with van der Waals surface area (Å²) < 4.78 is 7.00. The number of nitrogens with one attached hydrogen (secondary N) is 1. The smallest absolute Gasteiger partial charge is 0.252 e. The predicted molar refractivity (Wildman–Crippen MR) is 117 cm³/mol. The van der Waals surface area contributed by atoms with Crippen molar-refractivity contribution in [1.29, 1.82) is 0 Å². The number of aryl methyl sites for hydroxylation is 2. The number of hydrogen-bond acceptors (Lipinski definition) is 4. The number of aromatic nitrogens is 3. The molecule has 0 saturated heterocycles. The van der Waals surface area contributed by atoms with Gasteiger partial charge in [0, 0.05) is 5.69 Å². The molecule has 4 aromatic rings. The van der Waals surface area contributed by atoms with Gasteiger partial charge in [0.1, 0.15) is 5.75 Å². The molecule has 152 valence electrons. The number of hydrogen-bond donors (Lipinski definition) is 1. The van der Waals surface area contributed by atoms with Gasteiger partial charge < -0.3 is 10.1 Å². The lowest BCUT2D eigenvalue weighted by atomic mass is 10.1. The molecule has 1 atom stereocenters. The second-order valence-corrected chi connectivity index (χ2v) is 7.31. The van der Waals surface area contributed by atoms with Gasteiger partial charge in [0.2, 0.25) is 0 Å². The van der Waals surface area contributed by atoms with Crippen LogP contribution in [-0.4, -0.2) is 27.8 Å². The molecule has 0 unspecified atom stereocenters. The van der Waals surface area contributed by atoms with Crippen LogP contribution in [0.3, 0.4) is 0 Å². The Bertz CT molecular complexity index is 1200. The predicted octanol–water partition coefficient (Wildman–Crippen LogP) is 4.54. The zero-order valence-corrected chi connectivity index (χ0v) is 17.5. The molecule has 0 spiro atoms. The molecule has 0 aliphatic carbocycles. The topological polar surface area (TPSA) is 69.0 Å². The molecule has 30 heavy (non-hydrogen) atoms. The van der Waals surface area contributed by atoms with Crippen molar-refractivity contribution in [3.8, 4) is 11.4 Å². The summed E-state index contributed by atoms with van der Waals surface area (Å²) in [5.41, 5.74) is 4.71. The fraction of sp³-hybridized carbons (Fsp3) is 0.208. The van der Waals surface area contributed by atoms with Gasteiger partial charge in [0.25, 0.3) is 5.91 Å². The molecular weight excluding hydrogens is 376 g/mol. The van der Waals surface area contributed by atoms with Gasteiger partial charge in [-0.1, -0.05) is 30.3 Å². The molecule has 6 heteroatoms. The third kappa shape index (κ3) is 3.64. The van der Waals surface area contributed by atoms with E-state index in [9.17, 15) is 4.79 Å². The Morgan fingerprint density at radius 3 is 2.43 bits per heavy atom. The van der Waals surface area contributed by atoms with Crippen molar-refractivity contribution < 1.29 is 9.53 Å². The second kappa shape index (κ2) is 7.99. The molecule has 0 saturated carbocycles. The van der Waals surface area contributed by atoms with Crippen LogP contribution < -0.4 is 10.1 Å². The van der Waals surface area contributed by atoms with Gasteiger partial charge in [0.05, 0.1) is 35.5 Å². The van der Waals surface area contributed by atoms with Crippen LogP contribution in [0.15, 0.2) is 60.7 Å². The zero-order valence-electron chi connectivity index (χ0n) is 17.5. The maximum Gasteiger partial charge on any atom is 0.252 e. The zero-order chi connectivity index (χ0) is 21.3. The van der Waals surface area contributed by atoms with E-state index in [1.54, 1.807) is 11.8 Å². The van der Waals surface area contributed by atoms with Crippen molar-refractivity contribution in [2.24, 2.45) is 0 Å². The third-order valence-corrected chi connectivity index (χ3v) is 5.15. The number of fused-ring (bicyclic) bond motifs is 1. The van der Waals surface area contributed by atoms with Gasteiger partial charge in [-0.3, -0.25) is 4.79 Å². The number of carbonyl (C=O) groups is 1. The van der Waals surface area contributed by atoms with Crippen molar-refractivity contribution in [2.75, 3.05) is 7.11 Å². The highest BCUT2D eigenvalue weighted by atomic mass is 16.5. The average Bonchev–Trinajstić information content (AvgIpc) is 3.09. The molecule has 2 aromatic carbocycles. The Morgan fingerprint density at radius 1 is 1.07 bits per heavy atom. The van der Waals surface area contributed by atoms with Crippen LogP contribution in [0.25, 0.3) is 16.7 Å². The van der Waals surface area contributed by atoms with Crippen molar-refractivity contribution in [2.45, 2.75) is 26.8 Å². The minimum Gasteiger partial charge on any atom is -0.497 e. The van der Waals surface area contributed by atoms with E-state index in [1.165, 1.54) is 0 Å². The number of amides is 1. The van der Waals surface area contributed by atoms with Crippen molar-refractivity contribution in [1.82, 2.24) is 20.1 Å². The van der Waals surface area contributed by atoms with E-state index in [4.69, 9.17) is 4.74 Å². The number of pyridine rings is 1. The molecule has 0 bridgehead atoms. The number of ether oxygens (including phenoxy) is 1. The molecule has 1 N–H and O–H groups in total. The Labute approximate surface area is 175 Å². The van der Waals surface area contributed by atoms with Crippen molar-refractivity contribution in [3.05, 3.63) is 83.2 Å². The first-order chi connectivity index (χ1) is 14.5. The summed E-state index contributed by atoms with van der Waals surface area (Å²) in [7, 11) is 1.63. The van der Waals surface area contributed by atoms with E-state index in [2.05, 4.69) is 15.4 Å². The number of carbonyl (C=O) groups excluding carboxylic acids is 1. The number of para-hydroxylation sites is 1. The minimum absolute atomic E-state index is 0.149. The second-order valence-electron chi connectivity index (χ2n) is 7.31. The molecule has 0 aliphatic heterocycles. The van der Waals surface area contributed by atoms with Crippen molar-refractivity contribution in [3.63, 3.8) is 0 Å². The minimum atomic E-state index is -0.156. The van der Waals surface area contributed by atoms with E-state index in [0.29, 0.717) is 11.2 Å². The van der Waals surface area contributed by atoms with E-state index in [-0.39, 0.29) is 11.9 Å². The summed E-state index contributed by atoms with van der Waals surface area (Å²) in [6.07, 6.45) is 0. The lowest BCUT2D eigenvalue weighted by Gasteiger charge is -2.15. The molecule has 4 rings (SSSR count). The normalized spacial score (nSPS) is 12.0. The number of nitrogens with zero attached hydrogens (tertiary/aromatic N) is 3. The van der Waals surface area contributed by atoms with Gasteiger partial charge in [0.15, 0.2) is 5.65 Å². The number of rotatable bonds is 5. The van der Waals surface area contributed by atoms with Crippen molar-refractivity contribution >= 4 is 16.9 Å². The first-order valence-electron chi connectivity index (χ1n) is 9.85. The van der Waals surface area contributed by atoms with Crippen LogP contribution in [-0.2, 0) is 0 Å². The van der Waals surface area contributed by atoms with Crippen LogP contribution in [0.2, 0.25) is 0 Å². The lowest BCUT2D eigenvalue weighted by molar-refractivity contribution is 0.0941. The number of benzene rings is 2. The average molecular weight is 400 g/mol. The fourth-order valence-electron chi connectivity index (χ4n) is 3.59. The maximum atomic E-state index is 13.2. The van der Waals surface area contributed by atoms with Gasteiger partial charge in [-0.2, -0.15) is 5.10 Å². The third-order valence-electron chi connectivity index (χ3n) is 5.15. The molecule has 0 radical (unpaired) electrons. The van der Waals surface area contributed by atoms with Crippen LogP contribution >= 0.6 is 0 Å². The van der Waals surface area contributed by atoms with Gasteiger partial charge >= 0.3 is 0 Å². The first-order valence-corrected chi connectivity index (χ1v) is 9.85. The van der Waals surface area contributed by atoms with Crippen LogP contribution in [0.1, 0.15) is 40.3 Å². The summed E-state index contributed by atoms with van der Waals surface area (Å²) in [5.74, 6) is 0.636. The summed E-state index contributed by atoms with van der Waals surface area (Å²) in [6, 6.07) is 19.2. The van der Waals surface area contributed by atoms with E-state index in [1.807, 2.05) is 81.4 Å². The Hall–Kier alpha value is -3.67. The standard InChI is InChI=1S/C24H24N4O2/c1-15-14-21(24(29)26-16(2)18-10-12-20(30-4)13-11-18)22-17(3)27-28(23(22)25-15)19-8-6-5-7-9-19/h5-14,16H,1-4H3,(H,26,29)/t16-/m0/s1. The molecule has 6 nitrogen and oxygen atoms in total. The summed E-state index contributed by atoms with van der Waals surface area (Å²) in [6.45, 7) is 5.76. The summed E-state index contributed by atoms with van der Waals surface area (Å²) in [4.78, 5) is 17.9. The molecular formula is C24H24N4O2. The molecule has 0 fully saturated rings. The molecule has 2 heterocycles. The first kappa shape index (κ1) is 19.6. The van der Waals surface area contributed by atoms with E-state index < -0.39 is 0 Å². The highest BCUT2D eigenvalue weighted by Gasteiger charge is 2.21. The van der Waals surface area contributed by atoms with E-state index in [0.717, 1.165) is 33.8 Å². The highest BCUT2D eigenvalue weighted by Crippen LogP contribution is 2.26. The fourth-order valence-corrected chi connectivity index (χ4v) is 3.59. The van der Waals surface area contributed by atoms with Gasteiger partial charge in [-0.15, -0.1) is 0 Å². The Balaban J connectivity index is 1.71. The quantitative estimate of drug-likeness (QED) is 0.534. The lowest BCUT2D eigenvalue weighted by Crippen LogP contribution is -2.27. The van der Waals surface area contributed by atoms with Crippen LogP contribution in [0, 0.1) is 13.8 Å². The van der Waals surface area contributed by atoms with Gasteiger partial charge in [-0.05, 0) is 56.7 Å².